The lowest BCUT2D eigenvalue weighted by Gasteiger charge is -2.38. The zero-order valence-electron chi connectivity index (χ0n) is 11.7. The molecule has 1 aromatic rings. The molecule has 1 aliphatic rings. The zero-order valence-corrected chi connectivity index (χ0v) is 12.5. The van der Waals surface area contributed by atoms with E-state index in [2.05, 4.69) is 43.0 Å². The van der Waals surface area contributed by atoms with Crippen molar-refractivity contribution in [1.82, 2.24) is 9.80 Å². The summed E-state index contributed by atoms with van der Waals surface area (Å²) in [5.41, 5.74) is 6.00. The molecule has 2 heterocycles. The summed E-state index contributed by atoms with van der Waals surface area (Å²) in [6.45, 7) is 5.28. The molecule has 0 bridgehead atoms. The topological polar surface area (TPSA) is 32.5 Å². The van der Waals surface area contributed by atoms with Crippen molar-refractivity contribution in [2.24, 2.45) is 5.73 Å². The maximum Gasteiger partial charge on any atom is 0.0564 e. The first-order chi connectivity index (χ1) is 8.61. The number of nitrogens with zero attached hydrogens (tertiary/aromatic N) is 2. The lowest BCUT2D eigenvalue weighted by Crippen LogP contribution is -2.44. The van der Waals surface area contributed by atoms with Gasteiger partial charge in [-0.25, -0.2) is 0 Å². The van der Waals surface area contributed by atoms with Crippen molar-refractivity contribution in [2.75, 3.05) is 33.7 Å². The summed E-state index contributed by atoms with van der Waals surface area (Å²) >= 11 is 1.88. The number of nitrogens with two attached hydrogens (primary N) is 1. The van der Waals surface area contributed by atoms with Crippen LogP contribution in [0.2, 0.25) is 0 Å². The van der Waals surface area contributed by atoms with Gasteiger partial charge in [0.15, 0.2) is 0 Å². The number of likely N-dealkylation sites (N-methyl/N-ethyl adjacent to an activating group) is 1. The van der Waals surface area contributed by atoms with E-state index in [1.807, 2.05) is 11.3 Å². The van der Waals surface area contributed by atoms with Crippen molar-refractivity contribution in [3.8, 4) is 0 Å². The first kappa shape index (κ1) is 14.0. The Morgan fingerprint density at radius 2 is 2.11 bits per heavy atom. The molecular formula is C14H25N3S. The molecule has 102 valence electrons. The molecule has 0 aliphatic carbocycles. The Balaban J connectivity index is 2.03. The second kappa shape index (κ2) is 6.15. The van der Waals surface area contributed by atoms with Gasteiger partial charge in [0.25, 0.3) is 0 Å². The molecule has 2 rings (SSSR count). The average Bonchev–Trinajstić information content (AvgIpc) is 2.77. The lowest BCUT2D eigenvalue weighted by atomic mass is 10.0. The quantitative estimate of drug-likeness (QED) is 0.906. The number of piperidine rings is 1. The largest absolute Gasteiger partial charge is 0.329 e. The second-order valence-electron chi connectivity index (χ2n) is 5.40. The van der Waals surface area contributed by atoms with Crippen molar-refractivity contribution in [3.05, 3.63) is 21.9 Å². The molecular weight excluding hydrogens is 242 g/mol. The third kappa shape index (κ3) is 3.12. The van der Waals surface area contributed by atoms with Crippen molar-refractivity contribution in [2.45, 2.75) is 31.8 Å². The molecule has 2 N–H and O–H groups in total. The normalized spacial score (nSPS) is 20.5. The Labute approximate surface area is 115 Å². The molecule has 0 radical (unpaired) electrons. The van der Waals surface area contributed by atoms with E-state index < -0.39 is 0 Å². The number of hydrogen-bond acceptors (Lipinski definition) is 4. The van der Waals surface area contributed by atoms with Crippen LogP contribution in [0, 0.1) is 6.92 Å². The average molecular weight is 267 g/mol. The number of thiophene rings is 1. The molecule has 1 aliphatic heterocycles. The van der Waals surface area contributed by atoms with Gasteiger partial charge in [-0.2, -0.15) is 0 Å². The maximum absolute atomic E-state index is 6.00. The van der Waals surface area contributed by atoms with Gasteiger partial charge in [0.2, 0.25) is 0 Å². The third-order valence-electron chi connectivity index (χ3n) is 4.07. The summed E-state index contributed by atoms with van der Waals surface area (Å²) in [6, 6.07) is 5.50. The van der Waals surface area contributed by atoms with Gasteiger partial charge in [-0.15, -0.1) is 11.3 Å². The monoisotopic (exact) mass is 267 g/mol. The highest BCUT2D eigenvalue weighted by molar-refractivity contribution is 7.12. The lowest BCUT2D eigenvalue weighted by molar-refractivity contribution is 0.111. The van der Waals surface area contributed by atoms with E-state index in [0.29, 0.717) is 18.6 Å². The molecule has 1 atom stereocenters. The van der Waals surface area contributed by atoms with Crippen LogP contribution in [-0.2, 0) is 0 Å². The second-order valence-corrected chi connectivity index (χ2v) is 6.72. The van der Waals surface area contributed by atoms with Crippen LogP contribution >= 0.6 is 11.3 Å². The van der Waals surface area contributed by atoms with Gasteiger partial charge >= 0.3 is 0 Å². The highest BCUT2D eigenvalue weighted by Gasteiger charge is 2.26. The number of likely N-dealkylation sites (tertiary alicyclic amines) is 1. The van der Waals surface area contributed by atoms with Crippen molar-refractivity contribution < 1.29 is 0 Å². The summed E-state index contributed by atoms with van der Waals surface area (Å²) in [5.74, 6) is 0. The standard InChI is InChI=1S/C14H25N3S/c1-11-4-5-14(18-11)13(10-15)17(3)12-6-8-16(2)9-7-12/h4-5,12-13H,6-10,15H2,1-3H3. The predicted octanol–water partition coefficient (Wildman–Crippen LogP) is 2.08. The first-order valence-corrected chi connectivity index (χ1v) is 7.60. The molecule has 1 unspecified atom stereocenters. The summed E-state index contributed by atoms with van der Waals surface area (Å²) in [6.07, 6.45) is 2.52. The number of hydrogen-bond donors (Lipinski definition) is 1. The molecule has 1 saturated heterocycles. The molecule has 1 fully saturated rings. The van der Waals surface area contributed by atoms with Gasteiger partial charge in [0, 0.05) is 22.3 Å². The summed E-state index contributed by atoms with van der Waals surface area (Å²) in [4.78, 5) is 7.70. The SMILES string of the molecule is Cc1ccc(C(CN)N(C)C2CCN(C)CC2)s1. The van der Waals surface area contributed by atoms with Gasteiger partial charge in [-0.05, 0) is 59.1 Å². The maximum atomic E-state index is 6.00. The molecule has 18 heavy (non-hydrogen) atoms. The minimum absolute atomic E-state index is 0.386. The summed E-state index contributed by atoms with van der Waals surface area (Å²) < 4.78 is 0. The van der Waals surface area contributed by atoms with Gasteiger partial charge in [-0.1, -0.05) is 0 Å². The van der Waals surface area contributed by atoms with Crippen molar-refractivity contribution in [1.29, 1.82) is 0 Å². The molecule has 0 amide bonds. The van der Waals surface area contributed by atoms with E-state index >= 15 is 0 Å². The van der Waals surface area contributed by atoms with Crippen LogP contribution in [0.5, 0.6) is 0 Å². The molecule has 0 saturated carbocycles. The van der Waals surface area contributed by atoms with Gasteiger partial charge in [0.1, 0.15) is 0 Å². The summed E-state index contributed by atoms with van der Waals surface area (Å²) in [5, 5.41) is 0. The van der Waals surface area contributed by atoms with Crippen molar-refractivity contribution in [3.63, 3.8) is 0 Å². The van der Waals surface area contributed by atoms with Gasteiger partial charge in [0.05, 0.1) is 6.04 Å². The van der Waals surface area contributed by atoms with E-state index in [-0.39, 0.29) is 0 Å². The van der Waals surface area contributed by atoms with Crippen LogP contribution < -0.4 is 5.73 Å². The fourth-order valence-electron chi connectivity index (χ4n) is 2.77. The van der Waals surface area contributed by atoms with Crippen LogP contribution in [0.1, 0.15) is 28.6 Å². The Bertz CT molecular complexity index is 369. The fraction of sp³-hybridized carbons (Fsp3) is 0.714. The van der Waals surface area contributed by atoms with Crippen LogP contribution in [-0.4, -0.2) is 49.6 Å². The Kier molecular flexibility index (Phi) is 4.78. The minimum atomic E-state index is 0.386. The zero-order chi connectivity index (χ0) is 13.1. The number of rotatable bonds is 4. The first-order valence-electron chi connectivity index (χ1n) is 6.78. The van der Waals surface area contributed by atoms with E-state index in [9.17, 15) is 0 Å². The molecule has 0 spiro atoms. The van der Waals surface area contributed by atoms with E-state index in [4.69, 9.17) is 5.73 Å². The van der Waals surface area contributed by atoms with Crippen LogP contribution in [0.15, 0.2) is 12.1 Å². The molecule has 4 heteroatoms. The van der Waals surface area contributed by atoms with E-state index in [1.165, 1.54) is 35.7 Å². The summed E-state index contributed by atoms with van der Waals surface area (Å²) in [7, 11) is 4.45. The van der Waals surface area contributed by atoms with Crippen molar-refractivity contribution >= 4 is 11.3 Å². The van der Waals surface area contributed by atoms with Crippen LogP contribution in [0.4, 0.5) is 0 Å². The molecule has 1 aromatic heterocycles. The predicted molar refractivity (Wildman–Crippen MR) is 79.1 cm³/mol. The van der Waals surface area contributed by atoms with Crippen LogP contribution in [0.3, 0.4) is 0 Å². The third-order valence-corrected chi connectivity index (χ3v) is 5.17. The van der Waals surface area contributed by atoms with Gasteiger partial charge in [-0.3, -0.25) is 4.90 Å². The highest BCUT2D eigenvalue weighted by Crippen LogP contribution is 2.29. The highest BCUT2D eigenvalue weighted by atomic mass is 32.1. The fourth-order valence-corrected chi connectivity index (χ4v) is 3.81. The van der Waals surface area contributed by atoms with Crippen LogP contribution in [0.25, 0.3) is 0 Å². The van der Waals surface area contributed by atoms with E-state index in [1.54, 1.807) is 0 Å². The van der Waals surface area contributed by atoms with E-state index in [0.717, 1.165) is 0 Å². The number of aryl methyl sites for hydroxylation is 1. The Morgan fingerprint density at radius 1 is 1.44 bits per heavy atom. The Hall–Kier alpha value is -0.420. The Morgan fingerprint density at radius 3 is 2.61 bits per heavy atom. The smallest absolute Gasteiger partial charge is 0.0564 e. The minimum Gasteiger partial charge on any atom is -0.329 e. The van der Waals surface area contributed by atoms with Gasteiger partial charge < -0.3 is 10.6 Å². The molecule has 0 aromatic carbocycles. The molecule has 3 nitrogen and oxygen atoms in total.